The maximum Gasteiger partial charge on any atom is 0.168 e. The molecule has 0 amide bonds. The Balaban J connectivity index is 3.12. The van der Waals surface area contributed by atoms with E-state index in [9.17, 15) is 0 Å². The van der Waals surface area contributed by atoms with Crippen molar-refractivity contribution in [1.82, 2.24) is 0 Å². The smallest absolute Gasteiger partial charge is 0.168 e. The van der Waals surface area contributed by atoms with Gasteiger partial charge < -0.3 is 10.5 Å². The largest absolute Gasteiger partial charge is 0.487 e. The van der Waals surface area contributed by atoms with Gasteiger partial charge in [-0.3, -0.25) is 0 Å². The first-order chi connectivity index (χ1) is 6.60. The van der Waals surface area contributed by atoms with Crippen LogP contribution in [0.25, 0.3) is 0 Å². The minimum absolute atomic E-state index is 0.0735. The van der Waals surface area contributed by atoms with Crippen LogP contribution >= 0.6 is 23.1 Å². The van der Waals surface area contributed by atoms with E-state index >= 15 is 0 Å². The van der Waals surface area contributed by atoms with Gasteiger partial charge in [0.05, 0.1) is 6.10 Å². The topological polar surface area (TPSA) is 59.0 Å². The van der Waals surface area contributed by atoms with Crippen LogP contribution in [0.4, 0.5) is 5.69 Å². The number of ether oxygens (including phenoxy) is 1. The van der Waals surface area contributed by atoms with Crippen LogP contribution < -0.4 is 10.5 Å². The first-order valence-electron chi connectivity index (χ1n) is 4.13. The standard InChI is InChI=1S/C9H12N2OS2/c1-5(2)12-8-7(11)6(4-10)14-9(8)13-3/h5H,11H2,1-3H3. The Morgan fingerprint density at radius 3 is 2.64 bits per heavy atom. The number of nitriles is 1. The molecule has 0 aliphatic rings. The first kappa shape index (κ1) is 11.2. The van der Waals surface area contributed by atoms with E-state index in [0.29, 0.717) is 16.3 Å². The van der Waals surface area contributed by atoms with Gasteiger partial charge in [-0.1, -0.05) is 0 Å². The van der Waals surface area contributed by atoms with E-state index in [0.717, 1.165) is 4.21 Å². The zero-order valence-electron chi connectivity index (χ0n) is 8.33. The molecule has 0 aliphatic carbocycles. The normalized spacial score (nSPS) is 10.2. The lowest BCUT2D eigenvalue weighted by Crippen LogP contribution is -2.07. The van der Waals surface area contributed by atoms with Crippen molar-refractivity contribution in [3.05, 3.63) is 4.88 Å². The van der Waals surface area contributed by atoms with Gasteiger partial charge in [0.1, 0.15) is 20.8 Å². The van der Waals surface area contributed by atoms with Crippen LogP contribution in [0.3, 0.4) is 0 Å². The molecule has 0 saturated carbocycles. The Hall–Kier alpha value is -0.860. The summed E-state index contributed by atoms with van der Waals surface area (Å²) in [6.07, 6.45) is 2.02. The summed E-state index contributed by atoms with van der Waals surface area (Å²) < 4.78 is 6.53. The third kappa shape index (κ3) is 2.14. The molecule has 3 nitrogen and oxygen atoms in total. The maximum absolute atomic E-state index is 8.80. The zero-order valence-corrected chi connectivity index (χ0v) is 9.96. The van der Waals surface area contributed by atoms with E-state index in [-0.39, 0.29) is 6.10 Å². The molecule has 0 radical (unpaired) electrons. The van der Waals surface area contributed by atoms with Crippen molar-refractivity contribution >= 4 is 28.8 Å². The van der Waals surface area contributed by atoms with Gasteiger partial charge >= 0.3 is 0 Å². The van der Waals surface area contributed by atoms with Crippen molar-refractivity contribution in [1.29, 1.82) is 5.26 Å². The van der Waals surface area contributed by atoms with Crippen molar-refractivity contribution in [2.75, 3.05) is 12.0 Å². The molecule has 0 aliphatic heterocycles. The van der Waals surface area contributed by atoms with Crippen LogP contribution in [0.2, 0.25) is 0 Å². The molecule has 2 N–H and O–H groups in total. The molecule has 0 fully saturated rings. The highest BCUT2D eigenvalue weighted by Crippen LogP contribution is 2.43. The average molecular weight is 228 g/mol. The van der Waals surface area contributed by atoms with Gasteiger partial charge in [0.15, 0.2) is 5.75 Å². The molecular formula is C9H12N2OS2. The van der Waals surface area contributed by atoms with Gasteiger partial charge in [-0.2, -0.15) is 5.26 Å². The Morgan fingerprint density at radius 2 is 2.21 bits per heavy atom. The highest BCUT2D eigenvalue weighted by atomic mass is 32.2. The van der Waals surface area contributed by atoms with Gasteiger partial charge in [-0.15, -0.1) is 23.1 Å². The lowest BCUT2D eigenvalue weighted by molar-refractivity contribution is 0.240. The molecular weight excluding hydrogens is 216 g/mol. The molecule has 0 spiro atoms. The number of rotatable bonds is 3. The van der Waals surface area contributed by atoms with Gasteiger partial charge in [0, 0.05) is 0 Å². The number of thiophene rings is 1. The van der Waals surface area contributed by atoms with Crippen molar-refractivity contribution < 1.29 is 4.74 Å². The van der Waals surface area contributed by atoms with Crippen molar-refractivity contribution in [3.8, 4) is 11.8 Å². The predicted molar refractivity (Wildman–Crippen MR) is 61.0 cm³/mol. The maximum atomic E-state index is 8.80. The summed E-state index contributed by atoms with van der Waals surface area (Å²) in [6, 6.07) is 2.06. The second kappa shape index (κ2) is 4.58. The quantitative estimate of drug-likeness (QED) is 0.808. The molecule has 5 heteroatoms. The monoisotopic (exact) mass is 228 g/mol. The van der Waals surface area contributed by atoms with Crippen molar-refractivity contribution in [3.63, 3.8) is 0 Å². The summed E-state index contributed by atoms with van der Waals surface area (Å²) >= 11 is 2.93. The Morgan fingerprint density at radius 1 is 1.57 bits per heavy atom. The van der Waals surface area contributed by atoms with Crippen LogP contribution in [0.1, 0.15) is 18.7 Å². The number of nitrogen functional groups attached to an aromatic ring is 1. The molecule has 0 saturated heterocycles. The predicted octanol–water partition coefficient (Wildman–Crippen LogP) is 2.71. The van der Waals surface area contributed by atoms with Crippen LogP contribution in [0, 0.1) is 11.3 Å². The van der Waals surface area contributed by atoms with Crippen LogP contribution in [-0.4, -0.2) is 12.4 Å². The third-order valence-corrected chi connectivity index (χ3v) is 3.70. The highest BCUT2D eigenvalue weighted by molar-refractivity contribution is 8.00. The molecule has 0 unspecified atom stereocenters. The van der Waals surface area contributed by atoms with E-state index in [1.54, 1.807) is 11.8 Å². The third-order valence-electron chi connectivity index (χ3n) is 1.51. The molecule has 76 valence electrons. The molecule has 1 aromatic heterocycles. The van der Waals surface area contributed by atoms with E-state index in [1.165, 1.54) is 11.3 Å². The van der Waals surface area contributed by atoms with Crippen molar-refractivity contribution in [2.24, 2.45) is 0 Å². The lowest BCUT2D eigenvalue weighted by atomic mass is 10.4. The fourth-order valence-electron chi connectivity index (χ4n) is 0.972. The molecule has 0 bridgehead atoms. The van der Waals surface area contributed by atoms with Crippen molar-refractivity contribution in [2.45, 2.75) is 24.2 Å². The molecule has 0 atom stereocenters. The number of nitrogens with zero attached hydrogens (tertiary/aromatic N) is 1. The molecule has 1 rings (SSSR count). The van der Waals surface area contributed by atoms with E-state index in [4.69, 9.17) is 15.7 Å². The van der Waals surface area contributed by atoms with E-state index in [2.05, 4.69) is 6.07 Å². The summed E-state index contributed by atoms with van der Waals surface area (Å²) in [5.41, 5.74) is 6.26. The number of thioether (sulfide) groups is 1. The molecule has 14 heavy (non-hydrogen) atoms. The summed E-state index contributed by atoms with van der Waals surface area (Å²) in [6.45, 7) is 3.88. The van der Waals surface area contributed by atoms with Crippen LogP contribution in [-0.2, 0) is 0 Å². The Bertz CT molecular complexity index is 366. The molecule has 0 aromatic carbocycles. The molecule has 1 aromatic rings. The van der Waals surface area contributed by atoms with Gasteiger partial charge in [-0.25, -0.2) is 0 Å². The van der Waals surface area contributed by atoms with Gasteiger partial charge in [0.2, 0.25) is 0 Å². The second-order valence-electron chi connectivity index (χ2n) is 2.94. The van der Waals surface area contributed by atoms with E-state index < -0.39 is 0 Å². The lowest BCUT2D eigenvalue weighted by Gasteiger charge is -2.10. The number of nitrogens with two attached hydrogens (primary N) is 1. The summed E-state index contributed by atoms with van der Waals surface area (Å²) in [4.78, 5) is 0.532. The Kier molecular flexibility index (Phi) is 3.67. The van der Waals surface area contributed by atoms with Crippen LogP contribution in [0.15, 0.2) is 4.21 Å². The fourth-order valence-corrected chi connectivity index (χ4v) is 2.58. The average Bonchev–Trinajstić information content (AvgIpc) is 2.43. The number of hydrogen-bond acceptors (Lipinski definition) is 5. The van der Waals surface area contributed by atoms with Crippen LogP contribution in [0.5, 0.6) is 5.75 Å². The zero-order chi connectivity index (χ0) is 10.7. The number of hydrogen-bond donors (Lipinski definition) is 1. The summed E-state index contributed by atoms with van der Waals surface area (Å²) in [7, 11) is 0. The summed E-state index contributed by atoms with van der Waals surface area (Å²) in [5.74, 6) is 0.661. The highest BCUT2D eigenvalue weighted by Gasteiger charge is 2.17. The summed E-state index contributed by atoms with van der Waals surface area (Å²) in [5, 5.41) is 8.80. The van der Waals surface area contributed by atoms with Gasteiger partial charge in [0.25, 0.3) is 0 Å². The minimum Gasteiger partial charge on any atom is -0.487 e. The molecule has 1 heterocycles. The van der Waals surface area contributed by atoms with Gasteiger partial charge in [-0.05, 0) is 20.1 Å². The second-order valence-corrected chi connectivity index (χ2v) is 5.04. The minimum atomic E-state index is 0.0735. The fraction of sp³-hybridized carbons (Fsp3) is 0.444. The Labute approximate surface area is 91.9 Å². The SMILES string of the molecule is CSc1sc(C#N)c(N)c1OC(C)C. The first-order valence-corrected chi connectivity index (χ1v) is 6.17. The van der Waals surface area contributed by atoms with E-state index in [1.807, 2.05) is 20.1 Å². The number of anilines is 1.